The van der Waals surface area contributed by atoms with E-state index in [-0.39, 0.29) is 5.69 Å². The van der Waals surface area contributed by atoms with Gasteiger partial charge >= 0.3 is 5.97 Å². The van der Waals surface area contributed by atoms with Gasteiger partial charge < -0.3 is 14.9 Å². The summed E-state index contributed by atoms with van der Waals surface area (Å²) in [6, 6.07) is 9.04. The van der Waals surface area contributed by atoms with Gasteiger partial charge in [0.15, 0.2) is 5.69 Å². The van der Waals surface area contributed by atoms with Gasteiger partial charge in [-0.1, -0.05) is 18.2 Å². The summed E-state index contributed by atoms with van der Waals surface area (Å²) < 4.78 is 0. The summed E-state index contributed by atoms with van der Waals surface area (Å²) in [4.78, 5) is 23.9. The highest BCUT2D eigenvalue weighted by atomic mass is 16.4. The Balaban J connectivity index is 1.56. The van der Waals surface area contributed by atoms with E-state index in [2.05, 4.69) is 44.0 Å². The van der Waals surface area contributed by atoms with Crippen molar-refractivity contribution in [3.05, 3.63) is 47.9 Å². The van der Waals surface area contributed by atoms with Gasteiger partial charge in [-0.25, -0.2) is 14.8 Å². The van der Waals surface area contributed by atoms with Crippen LogP contribution in [0.1, 0.15) is 22.5 Å². The van der Waals surface area contributed by atoms with Crippen LogP contribution >= 0.6 is 0 Å². The summed E-state index contributed by atoms with van der Waals surface area (Å²) in [5.74, 6) is -0.287. The number of fused-ring (bicyclic) bond motifs is 3. The van der Waals surface area contributed by atoms with Crippen LogP contribution in [0, 0.1) is 0 Å². The van der Waals surface area contributed by atoms with Crippen LogP contribution in [0.15, 0.2) is 36.7 Å². The summed E-state index contributed by atoms with van der Waals surface area (Å²) in [5.41, 5.74) is 2.75. The summed E-state index contributed by atoms with van der Waals surface area (Å²) in [6.45, 7) is 2.84. The molecule has 6 nitrogen and oxygen atoms in total. The number of nitrogens with zero attached hydrogens (tertiary/aromatic N) is 4. The molecular formula is C17H18N4O2. The Kier molecular flexibility index (Phi) is 3.37. The molecule has 3 heterocycles. The van der Waals surface area contributed by atoms with Crippen LogP contribution in [-0.2, 0) is 6.42 Å². The average Bonchev–Trinajstić information content (AvgIpc) is 2.78. The molecule has 2 aliphatic rings. The van der Waals surface area contributed by atoms with Gasteiger partial charge in [0.2, 0.25) is 0 Å². The van der Waals surface area contributed by atoms with Crippen LogP contribution in [0.5, 0.6) is 0 Å². The van der Waals surface area contributed by atoms with Crippen molar-refractivity contribution in [2.45, 2.75) is 18.9 Å². The molecule has 1 fully saturated rings. The molecule has 0 amide bonds. The van der Waals surface area contributed by atoms with Crippen LogP contribution in [-0.4, -0.2) is 46.7 Å². The number of rotatable bonds is 2. The van der Waals surface area contributed by atoms with Gasteiger partial charge in [0.05, 0.1) is 18.4 Å². The molecule has 0 aliphatic carbocycles. The van der Waals surface area contributed by atoms with Gasteiger partial charge in [0.1, 0.15) is 5.82 Å². The molecule has 1 atom stereocenters. The van der Waals surface area contributed by atoms with E-state index in [0.29, 0.717) is 6.04 Å². The molecule has 4 rings (SSSR count). The number of aromatic carboxylic acids is 1. The fourth-order valence-electron chi connectivity index (χ4n) is 3.57. The van der Waals surface area contributed by atoms with Gasteiger partial charge in [-0.05, 0) is 24.5 Å². The molecule has 1 aromatic carbocycles. The first kappa shape index (κ1) is 14.0. The van der Waals surface area contributed by atoms with E-state index in [0.717, 1.165) is 38.3 Å². The van der Waals surface area contributed by atoms with E-state index in [4.69, 9.17) is 5.11 Å². The summed E-state index contributed by atoms with van der Waals surface area (Å²) >= 11 is 0. The predicted octanol–water partition coefficient (Wildman–Crippen LogP) is 1.82. The number of benzene rings is 1. The quantitative estimate of drug-likeness (QED) is 0.912. The molecule has 2 aromatic rings. The van der Waals surface area contributed by atoms with E-state index < -0.39 is 5.97 Å². The molecule has 0 spiro atoms. The Bertz CT molecular complexity index is 732. The molecule has 6 heteroatoms. The molecule has 2 aliphatic heterocycles. The number of carbonyl (C=O) groups is 1. The number of carboxylic acids is 1. The highest BCUT2D eigenvalue weighted by Gasteiger charge is 2.32. The maximum atomic E-state index is 10.9. The lowest BCUT2D eigenvalue weighted by Gasteiger charge is -2.27. The van der Waals surface area contributed by atoms with Crippen molar-refractivity contribution < 1.29 is 9.90 Å². The highest BCUT2D eigenvalue weighted by Crippen LogP contribution is 2.34. The number of carboxylic acid groups (broad SMARTS) is 1. The van der Waals surface area contributed by atoms with E-state index in [9.17, 15) is 4.79 Å². The van der Waals surface area contributed by atoms with Crippen molar-refractivity contribution in [2.24, 2.45) is 0 Å². The van der Waals surface area contributed by atoms with Gasteiger partial charge in [-0.2, -0.15) is 0 Å². The van der Waals surface area contributed by atoms with Crippen molar-refractivity contribution >= 4 is 17.5 Å². The number of hydrogen-bond acceptors (Lipinski definition) is 5. The van der Waals surface area contributed by atoms with E-state index in [1.54, 1.807) is 6.20 Å². The normalized spacial score (nSPS) is 19.9. The first-order chi connectivity index (χ1) is 11.2. The van der Waals surface area contributed by atoms with Crippen molar-refractivity contribution in [2.75, 3.05) is 29.4 Å². The second-order valence-corrected chi connectivity index (χ2v) is 6.04. The standard InChI is InChI=1S/C17H18N4O2/c22-17(23)14-9-19-16(10-18-14)20-6-3-7-21-13(11-20)8-12-4-1-2-5-15(12)21/h1-2,4-5,9-10,13H,3,6-8,11H2,(H,22,23). The third kappa shape index (κ3) is 2.50. The second kappa shape index (κ2) is 5.53. The zero-order valence-electron chi connectivity index (χ0n) is 12.7. The fraction of sp³-hybridized carbons (Fsp3) is 0.353. The Morgan fingerprint density at radius 1 is 1.17 bits per heavy atom. The summed E-state index contributed by atoms with van der Waals surface area (Å²) in [5, 5.41) is 8.93. The average molecular weight is 310 g/mol. The summed E-state index contributed by atoms with van der Waals surface area (Å²) in [7, 11) is 0. The minimum atomic E-state index is -1.04. The largest absolute Gasteiger partial charge is 0.476 e. The molecule has 1 aromatic heterocycles. The molecule has 23 heavy (non-hydrogen) atoms. The van der Waals surface area contributed by atoms with Crippen LogP contribution in [0.25, 0.3) is 0 Å². The van der Waals surface area contributed by atoms with Crippen molar-refractivity contribution in [3.8, 4) is 0 Å². The van der Waals surface area contributed by atoms with E-state index in [1.165, 1.54) is 17.4 Å². The molecule has 0 radical (unpaired) electrons. The van der Waals surface area contributed by atoms with Gasteiger partial charge in [0.25, 0.3) is 0 Å². The van der Waals surface area contributed by atoms with E-state index in [1.807, 2.05) is 0 Å². The number of anilines is 2. The molecule has 0 saturated carbocycles. The first-order valence-corrected chi connectivity index (χ1v) is 7.87. The first-order valence-electron chi connectivity index (χ1n) is 7.87. The van der Waals surface area contributed by atoms with Crippen molar-refractivity contribution in [1.29, 1.82) is 0 Å². The van der Waals surface area contributed by atoms with Crippen molar-refractivity contribution in [1.82, 2.24) is 9.97 Å². The highest BCUT2D eigenvalue weighted by molar-refractivity contribution is 5.84. The smallest absolute Gasteiger partial charge is 0.356 e. The second-order valence-electron chi connectivity index (χ2n) is 6.04. The minimum absolute atomic E-state index is 0.0153. The zero-order valence-corrected chi connectivity index (χ0v) is 12.7. The lowest BCUT2D eigenvalue weighted by atomic mass is 10.1. The number of hydrogen-bond donors (Lipinski definition) is 1. The maximum Gasteiger partial charge on any atom is 0.356 e. The third-order valence-corrected chi connectivity index (χ3v) is 4.64. The Labute approximate surface area is 134 Å². The van der Waals surface area contributed by atoms with Crippen LogP contribution < -0.4 is 9.80 Å². The van der Waals surface area contributed by atoms with Crippen molar-refractivity contribution in [3.63, 3.8) is 0 Å². The molecule has 118 valence electrons. The zero-order chi connectivity index (χ0) is 15.8. The molecular weight excluding hydrogens is 292 g/mol. The van der Waals surface area contributed by atoms with Crippen LogP contribution in [0.3, 0.4) is 0 Å². The number of para-hydroxylation sites is 1. The molecule has 0 bridgehead atoms. The third-order valence-electron chi connectivity index (χ3n) is 4.64. The summed E-state index contributed by atoms with van der Waals surface area (Å²) in [6.07, 6.45) is 5.01. The monoisotopic (exact) mass is 310 g/mol. The SMILES string of the molecule is O=C(O)c1cnc(N2CCCN3c4ccccc4CC3C2)cn1. The van der Waals surface area contributed by atoms with Gasteiger partial charge in [0, 0.05) is 25.3 Å². The van der Waals surface area contributed by atoms with Crippen LogP contribution in [0.4, 0.5) is 11.5 Å². The maximum absolute atomic E-state index is 10.9. The minimum Gasteiger partial charge on any atom is -0.476 e. The van der Waals surface area contributed by atoms with Gasteiger partial charge in [-0.15, -0.1) is 0 Å². The Morgan fingerprint density at radius 3 is 2.83 bits per heavy atom. The topological polar surface area (TPSA) is 69.6 Å². The Hall–Kier alpha value is -2.63. The fourth-order valence-corrected chi connectivity index (χ4v) is 3.57. The van der Waals surface area contributed by atoms with Crippen LogP contribution in [0.2, 0.25) is 0 Å². The number of aromatic nitrogens is 2. The lowest BCUT2D eigenvalue weighted by Crippen LogP contribution is -2.39. The predicted molar refractivity (Wildman–Crippen MR) is 87.1 cm³/mol. The van der Waals surface area contributed by atoms with E-state index >= 15 is 0 Å². The molecule has 1 N–H and O–H groups in total. The molecule has 1 unspecified atom stereocenters. The Morgan fingerprint density at radius 2 is 2.04 bits per heavy atom. The molecule has 1 saturated heterocycles. The van der Waals surface area contributed by atoms with Gasteiger partial charge in [-0.3, -0.25) is 0 Å². The lowest BCUT2D eigenvalue weighted by molar-refractivity contribution is 0.0690.